The van der Waals surface area contributed by atoms with E-state index < -0.39 is 6.04 Å². The molecule has 0 bridgehead atoms. The van der Waals surface area contributed by atoms with E-state index in [0.29, 0.717) is 34.7 Å². The number of aryl methyl sites for hydroxylation is 1. The van der Waals surface area contributed by atoms with Gasteiger partial charge in [-0.1, -0.05) is 23.4 Å². The molecule has 1 aliphatic rings. The van der Waals surface area contributed by atoms with Gasteiger partial charge < -0.3 is 19.9 Å². The van der Waals surface area contributed by atoms with E-state index in [1.807, 2.05) is 24.5 Å². The smallest absolute Gasteiger partial charge is 0.276 e. The molecular formula is C23H23N5O3S. The molecular weight excluding hydrogens is 426 g/mol. The van der Waals surface area contributed by atoms with Crippen molar-refractivity contribution in [2.75, 3.05) is 7.05 Å². The van der Waals surface area contributed by atoms with Gasteiger partial charge in [0.2, 0.25) is 0 Å². The highest BCUT2D eigenvalue weighted by molar-refractivity contribution is 7.09. The number of hydrogen-bond donors (Lipinski definition) is 2. The average molecular weight is 450 g/mol. The van der Waals surface area contributed by atoms with Gasteiger partial charge in [0, 0.05) is 60.6 Å². The maximum absolute atomic E-state index is 13.3. The zero-order valence-corrected chi connectivity index (χ0v) is 18.6. The van der Waals surface area contributed by atoms with Crippen molar-refractivity contribution in [1.82, 2.24) is 20.0 Å². The number of thiazole rings is 1. The molecule has 1 unspecified atom stereocenters. The lowest BCUT2D eigenvalue weighted by molar-refractivity contribution is 0.0746. The Bertz CT molecular complexity index is 1200. The number of carbonyl (C=O) groups excluding carboxylic acids is 1. The van der Waals surface area contributed by atoms with Crippen molar-refractivity contribution < 1.29 is 14.4 Å². The van der Waals surface area contributed by atoms with E-state index in [4.69, 9.17) is 9.93 Å². The molecule has 164 valence electrons. The van der Waals surface area contributed by atoms with Gasteiger partial charge in [0.15, 0.2) is 11.5 Å². The van der Waals surface area contributed by atoms with Gasteiger partial charge in [-0.05, 0) is 19.4 Å². The van der Waals surface area contributed by atoms with Crippen molar-refractivity contribution in [3.05, 3.63) is 75.7 Å². The predicted octanol–water partition coefficient (Wildman–Crippen LogP) is 4.56. The van der Waals surface area contributed by atoms with E-state index >= 15 is 0 Å². The normalized spacial score (nSPS) is 14.4. The van der Waals surface area contributed by atoms with E-state index in [1.54, 1.807) is 37.6 Å². The molecule has 0 radical (unpaired) electrons. The minimum Gasteiger partial charge on any atom is -0.512 e. The first-order chi connectivity index (χ1) is 15.4. The maximum atomic E-state index is 13.3. The lowest BCUT2D eigenvalue weighted by atomic mass is 9.92. The van der Waals surface area contributed by atoms with Crippen molar-refractivity contribution >= 4 is 23.0 Å². The number of allylic oxidation sites excluding steroid dienone is 2. The van der Waals surface area contributed by atoms with Crippen molar-refractivity contribution in [2.45, 2.75) is 32.2 Å². The van der Waals surface area contributed by atoms with Crippen LogP contribution in [-0.4, -0.2) is 49.8 Å². The summed E-state index contributed by atoms with van der Waals surface area (Å²) in [5, 5.41) is 25.8. The molecule has 0 aliphatic heterocycles. The van der Waals surface area contributed by atoms with Crippen LogP contribution in [0.1, 0.15) is 40.3 Å². The van der Waals surface area contributed by atoms with Gasteiger partial charge in [0.25, 0.3) is 5.91 Å². The van der Waals surface area contributed by atoms with Crippen molar-refractivity contribution in [3.8, 4) is 11.5 Å². The first-order valence-electron chi connectivity index (χ1n) is 10.2. The predicted molar refractivity (Wildman–Crippen MR) is 122 cm³/mol. The van der Waals surface area contributed by atoms with E-state index in [1.165, 1.54) is 16.2 Å². The van der Waals surface area contributed by atoms with E-state index in [0.717, 1.165) is 11.4 Å². The first-order valence-corrected chi connectivity index (χ1v) is 11.0. The Morgan fingerprint density at radius 1 is 1.44 bits per heavy atom. The summed E-state index contributed by atoms with van der Waals surface area (Å²) in [6.07, 6.45) is 8.51. The van der Waals surface area contributed by atoms with Crippen molar-refractivity contribution in [1.29, 1.82) is 5.41 Å². The fourth-order valence-electron chi connectivity index (χ4n) is 3.58. The molecule has 0 saturated carbocycles. The summed E-state index contributed by atoms with van der Waals surface area (Å²) in [5.74, 6) is 0.288. The molecule has 4 rings (SSSR count). The average Bonchev–Trinajstić information content (AvgIpc) is 3.47. The zero-order chi connectivity index (χ0) is 22.7. The largest absolute Gasteiger partial charge is 0.512 e. The van der Waals surface area contributed by atoms with E-state index in [9.17, 15) is 9.90 Å². The Morgan fingerprint density at radius 2 is 2.28 bits per heavy atom. The first kappa shape index (κ1) is 21.6. The van der Waals surface area contributed by atoms with E-state index in [-0.39, 0.29) is 23.8 Å². The number of nitrogens with one attached hydrogen (secondary N) is 1. The van der Waals surface area contributed by atoms with Crippen LogP contribution in [0.15, 0.2) is 64.0 Å². The highest BCUT2D eigenvalue weighted by Crippen LogP contribution is 2.28. The Labute approximate surface area is 189 Å². The second-order valence-corrected chi connectivity index (χ2v) is 8.59. The molecule has 32 heavy (non-hydrogen) atoms. The van der Waals surface area contributed by atoms with Crippen molar-refractivity contribution in [3.63, 3.8) is 0 Å². The van der Waals surface area contributed by atoms with Crippen molar-refractivity contribution in [2.24, 2.45) is 0 Å². The van der Waals surface area contributed by atoms with Crippen LogP contribution in [-0.2, 0) is 0 Å². The second kappa shape index (κ2) is 9.27. The number of carbonyl (C=O) groups is 1. The number of hydrogen-bond acceptors (Lipinski definition) is 8. The summed E-state index contributed by atoms with van der Waals surface area (Å²) in [7, 11) is 1.65. The SMILES string of the molecule is Cc1nc(-c2cc(C(=O)N(C)C(CC(=N)c3cccnc3)C3=C(O)CCC=C3)no2)cs1. The third-order valence-electron chi connectivity index (χ3n) is 5.33. The topological polar surface area (TPSA) is 116 Å². The zero-order valence-electron chi connectivity index (χ0n) is 17.8. The summed E-state index contributed by atoms with van der Waals surface area (Å²) in [6, 6.07) is 4.59. The second-order valence-electron chi connectivity index (χ2n) is 7.53. The molecule has 1 aliphatic carbocycles. The number of rotatable bonds is 7. The summed E-state index contributed by atoms with van der Waals surface area (Å²) in [4.78, 5) is 23.2. The van der Waals surface area contributed by atoms with Crippen LogP contribution in [0.4, 0.5) is 0 Å². The number of aromatic nitrogens is 3. The molecule has 0 fully saturated rings. The van der Waals surface area contributed by atoms with Crippen LogP contribution in [0.5, 0.6) is 0 Å². The highest BCUT2D eigenvalue weighted by atomic mass is 32.1. The minimum absolute atomic E-state index is 0.144. The van der Waals surface area contributed by atoms with Gasteiger partial charge in [0.05, 0.1) is 16.8 Å². The number of aliphatic hydroxyl groups excluding tert-OH is 1. The van der Waals surface area contributed by atoms with Gasteiger partial charge in [0.1, 0.15) is 5.69 Å². The Balaban J connectivity index is 1.61. The fourth-order valence-corrected chi connectivity index (χ4v) is 4.18. The van der Waals surface area contributed by atoms with Gasteiger partial charge in [-0.25, -0.2) is 4.98 Å². The molecule has 2 N–H and O–H groups in total. The summed E-state index contributed by atoms with van der Waals surface area (Å²) < 4.78 is 5.35. The Hall–Kier alpha value is -3.59. The lowest BCUT2D eigenvalue weighted by Crippen LogP contribution is -2.40. The molecule has 0 aromatic carbocycles. The third-order valence-corrected chi connectivity index (χ3v) is 6.11. The van der Waals surface area contributed by atoms with E-state index in [2.05, 4.69) is 15.1 Å². The molecule has 0 spiro atoms. The molecule has 0 saturated heterocycles. The molecule has 1 amide bonds. The number of likely N-dealkylation sites (N-methyl/N-ethyl adjacent to an activating group) is 1. The third kappa shape index (κ3) is 4.52. The molecule has 3 heterocycles. The van der Waals surface area contributed by atoms with Gasteiger partial charge in [-0.3, -0.25) is 9.78 Å². The summed E-state index contributed by atoms with van der Waals surface area (Å²) >= 11 is 1.49. The van der Waals surface area contributed by atoms with Gasteiger partial charge in [-0.2, -0.15) is 0 Å². The number of aliphatic hydroxyl groups is 1. The molecule has 9 heteroatoms. The Kier molecular flexibility index (Phi) is 6.27. The molecule has 1 atom stereocenters. The van der Waals surface area contributed by atoms with Crippen LogP contribution >= 0.6 is 11.3 Å². The minimum atomic E-state index is -0.548. The molecule has 3 aromatic rings. The monoisotopic (exact) mass is 449 g/mol. The molecule has 8 nitrogen and oxygen atoms in total. The molecule has 3 aromatic heterocycles. The van der Waals surface area contributed by atoms with Crippen LogP contribution in [0.25, 0.3) is 11.5 Å². The quantitative estimate of drug-likeness (QED) is 0.511. The van der Waals surface area contributed by atoms with Crippen LogP contribution < -0.4 is 0 Å². The van der Waals surface area contributed by atoms with Crippen LogP contribution in [0.2, 0.25) is 0 Å². The number of pyridine rings is 1. The van der Waals surface area contributed by atoms with Gasteiger partial charge in [-0.15, -0.1) is 11.3 Å². The lowest BCUT2D eigenvalue weighted by Gasteiger charge is -2.30. The maximum Gasteiger partial charge on any atom is 0.276 e. The highest BCUT2D eigenvalue weighted by Gasteiger charge is 2.30. The Morgan fingerprint density at radius 3 is 2.97 bits per heavy atom. The van der Waals surface area contributed by atoms with Gasteiger partial charge >= 0.3 is 0 Å². The van der Waals surface area contributed by atoms with Crippen LogP contribution in [0.3, 0.4) is 0 Å². The number of nitrogens with zero attached hydrogens (tertiary/aromatic N) is 4. The number of amides is 1. The fraction of sp³-hybridized carbons (Fsp3) is 0.261. The summed E-state index contributed by atoms with van der Waals surface area (Å²) in [5.41, 5.74) is 2.39. The van der Waals surface area contributed by atoms with Crippen LogP contribution in [0, 0.1) is 12.3 Å². The summed E-state index contributed by atoms with van der Waals surface area (Å²) in [6.45, 7) is 1.89. The standard InChI is InChI=1S/C23H23N5O3S/c1-14-26-19(13-32-14)22-11-18(27-31-22)23(30)28(2)20(16-7-3-4-8-21(16)29)10-17(24)15-6-5-9-25-12-15/h3,5-7,9,11-13,20,24,29H,4,8,10H2,1-2H3.